The molecule has 2 aromatic heterocycles. The molecule has 0 N–H and O–H groups in total. The number of carbonyl (C=O) groups excluding carboxylic acids is 3. The van der Waals surface area contributed by atoms with Gasteiger partial charge in [-0.15, -0.1) is 0 Å². The summed E-state index contributed by atoms with van der Waals surface area (Å²) in [4.78, 5) is 56.3. The molecule has 3 rings (SSSR count). The lowest BCUT2D eigenvalue weighted by Crippen LogP contribution is -2.50. The van der Waals surface area contributed by atoms with Crippen molar-refractivity contribution in [1.82, 2.24) is 19.4 Å². The molecule has 0 amide bonds. The highest BCUT2D eigenvalue weighted by atomic mass is 32.2. The topological polar surface area (TPSA) is 156 Å². The van der Waals surface area contributed by atoms with E-state index >= 15 is 0 Å². The molecule has 2 aromatic rings. The Labute approximate surface area is 248 Å². The Balaban J connectivity index is 2.32. The standard InChI is InChI=1S/C27H38N6O8S/c1-10-37-20(36)11-28-18-12-33(24-21(18)23(29-14-32(7)8)30-26(31-24)42-9)25-27(6,41-17(5)35)22(39-15(2)3)19(40-25)13-38-16(4)34/h11-12,14-15,19,22,25H,10,13H2,1-9H3/b28-11?,29-14+/t19-,22-,25?,27-/m1/s1. The average molecular weight is 607 g/mol. The van der Waals surface area contributed by atoms with Gasteiger partial charge in [-0.05, 0) is 34.0 Å². The molecule has 3 heterocycles. The molecule has 0 aliphatic carbocycles. The third-order valence-corrected chi connectivity index (χ3v) is 6.53. The summed E-state index contributed by atoms with van der Waals surface area (Å²) in [5.74, 6) is -1.40. The van der Waals surface area contributed by atoms with Gasteiger partial charge in [0, 0.05) is 34.1 Å². The number of carbonyl (C=O) groups is 3. The van der Waals surface area contributed by atoms with E-state index in [1.807, 2.05) is 34.2 Å². The van der Waals surface area contributed by atoms with Gasteiger partial charge in [0.1, 0.15) is 25.0 Å². The maximum Gasteiger partial charge on any atom is 0.349 e. The minimum Gasteiger partial charge on any atom is -0.463 e. The number of rotatable bonds is 12. The minimum absolute atomic E-state index is 0.142. The van der Waals surface area contributed by atoms with Crippen LogP contribution in [0.3, 0.4) is 0 Å². The quantitative estimate of drug-likeness (QED) is 0.0869. The third-order valence-electron chi connectivity index (χ3n) is 5.98. The number of fused-ring (bicyclic) bond motifs is 1. The van der Waals surface area contributed by atoms with Crippen molar-refractivity contribution in [3.05, 3.63) is 6.20 Å². The highest BCUT2D eigenvalue weighted by Gasteiger charge is 2.59. The summed E-state index contributed by atoms with van der Waals surface area (Å²) in [6.45, 7) is 9.68. The van der Waals surface area contributed by atoms with E-state index in [2.05, 4.69) is 15.0 Å². The molecular weight excluding hydrogens is 568 g/mol. The highest BCUT2D eigenvalue weighted by Crippen LogP contribution is 2.47. The number of thioether (sulfide) groups is 1. The summed E-state index contributed by atoms with van der Waals surface area (Å²) in [6, 6.07) is 0. The molecule has 1 saturated heterocycles. The summed E-state index contributed by atoms with van der Waals surface area (Å²) in [7, 11) is 3.63. The van der Waals surface area contributed by atoms with E-state index in [1.165, 1.54) is 25.6 Å². The summed E-state index contributed by atoms with van der Waals surface area (Å²) in [5.41, 5.74) is -0.752. The largest absolute Gasteiger partial charge is 0.463 e. The Morgan fingerprint density at radius 1 is 1.19 bits per heavy atom. The molecular formula is C27H38N6O8S. The molecule has 0 spiro atoms. The molecule has 14 nitrogen and oxygen atoms in total. The minimum atomic E-state index is -1.41. The molecule has 230 valence electrons. The van der Waals surface area contributed by atoms with E-state index in [4.69, 9.17) is 28.7 Å². The lowest BCUT2D eigenvalue weighted by Gasteiger charge is -2.35. The monoisotopic (exact) mass is 606 g/mol. The van der Waals surface area contributed by atoms with Gasteiger partial charge in [-0.1, -0.05) is 11.8 Å². The van der Waals surface area contributed by atoms with E-state index < -0.39 is 41.9 Å². The summed E-state index contributed by atoms with van der Waals surface area (Å²) in [6.07, 6.45) is 3.14. The lowest BCUT2D eigenvalue weighted by atomic mass is 9.95. The predicted octanol–water partition coefficient (Wildman–Crippen LogP) is 3.22. The van der Waals surface area contributed by atoms with Crippen molar-refractivity contribution in [3.8, 4) is 0 Å². The van der Waals surface area contributed by atoms with Gasteiger partial charge < -0.3 is 28.6 Å². The Kier molecular flexibility index (Phi) is 11.0. The smallest absolute Gasteiger partial charge is 0.349 e. The van der Waals surface area contributed by atoms with Crippen LogP contribution in [-0.2, 0) is 38.1 Å². The number of aromatic nitrogens is 3. The van der Waals surface area contributed by atoms with E-state index in [1.54, 1.807) is 35.8 Å². The van der Waals surface area contributed by atoms with Crippen LogP contribution >= 0.6 is 11.8 Å². The van der Waals surface area contributed by atoms with E-state index in [0.29, 0.717) is 27.7 Å². The van der Waals surface area contributed by atoms with Crippen LogP contribution in [0.4, 0.5) is 11.5 Å². The molecule has 0 radical (unpaired) electrons. The zero-order valence-electron chi connectivity index (χ0n) is 25.3. The zero-order chi connectivity index (χ0) is 31.2. The van der Waals surface area contributed by atoms with Crippen molar-refractivity contribution in [2.24, 2.45) is 9.98 Å². The van der Waals surface area contributed by atoms with Crippen LogP contribution in [0.15, 0.2) is 21.3 Å². The number of ether oxygens (including phenoxy) is 5. The maximum atomic E-state index is 12.4. The molecule has 4 atom stereocenters. The second kappa shape index (κ2) is 14.1. The van der Waals surface area contributed by atoms with Crippen LogP contribution in [0, 0.1) is 0 Å². The van der Waals surface area contributed by atoms with E-state index in [-0.39, 0.29) is 19.3 Å². The van der Waals surface area contributed by atoms with Gasteiger partial charge >= 0.3 is 17.9 Å². The number of aliphatic imine (C=N–C) groups is 2. The summed E-state index contributed by atoms with van der Waals surface area (Å²) >= 11 is 1.30. The lowest BCUT2D eigenvalue weighted by molar-refractivity contribution is -0.183. The van der Waals surface area contributed by atoms with Gasteiger partial charge in [0.15, 0.2) is 28.5 Å². The Morgan fingerprint density at radius 3 is 2.48 bits per heavy atom. The van der Waals surface area contributed by atoms with Crippen LogP contribution < -0.4 is 0 Å². The van der Waals surface area contributed by atoms with Crippen LogP contribution in [-0.4, -0.2) is 107 Å². The second-order valence-corrected chi connectivity index (χ2v) is 10.9. The van der Waals surface area contributed by atoms with Crippen molar-refractivity contribution < 1.29 is 38.1 Å². The Hall–Kier alpha value is -3.56. The van der Waals surface area contributed by atoms with Crippen molar-refractivity contribution in [2.45, 2.75) is 76.8 Å². The molecule has 1 fully saturated rings. The third kappa shape index (κ3) is 7.63. The van der Waals surface area contributed by atoms with Crippen LogP contribution in [0.2, 0.25) is 0 Å². The summed E-state index contributed by atoms with van der Waals surface area (Å²) < 4.78 is 30.5. The van der Waals surface area contributed by atoms with Gasteiger partial charge in [0.05, 0.1) is 30.1 Å². The first-order valence-corrected chi connectivity index (χ1v) is 14.5. The van der Waals surface area contributed by atoms with Crippen LogP contribution in [0.5, 0.6) is 0 Å². The first-order chi connectivity index (χ1) is 19.8. The van der Waals surface area contributed by atoms with Gasteiger partial charge in [-0.2, -0.15) is 0 Å². The molecule has 15 heteroatoms. The van der Waals surface area contributed by atoms with Gasteiger partial charge in [0.2, 0.25) is 0 Å². The molecule has 1 aliphatic rings. The van der Waals surface area contributed by atoms with Crippen molar-refractivity contribution in [1.29, 1.82) is 0 Å². The molecule has 0 aromatic carbocycles. The number of nitrogens with zero attached hydrogens (tertiary/aromatic N) is 6. The molecule has 42 heavy (non-hydrogen) atoms. The molecule has 1 aliphatic heterocycles. The Bertz CT molecular complexity index is 1360. The number of hydrogen-bond acceptors (Lipinski definition) is 13. The average Bonchev–Trinajstić information content (AvgIpc) is 3.38. The van der Waals surface area contributed by atoms with E-state index in [9.17, 15) is 14.4 Å². The summed E-state index contributed by atoms with van der Waals surface area (Å²) in [5, 5.41) is 0.831. The first kappa shape index (κ1) is 32.9. The molecule has 0 saturated carbocycles. The Morgan fingerprint density at radius 2 is 1.90 bits per heavy atom. The fourth-order valence-corrected chi connectivity index (χ4v) is 4.86. The highest BCUT2D eigenvalue weighted by molar-refractivity contribution is 7.98. The molecule has 1 unspecified atom stereocenters. The number of hydrogen-bond donors (Lipinski definition) is 0. The van der Waals surface area contributed by atoms with Crippen molar-refractivity contribution in [3.63, 3.8) is 0 Å². The normalized spacial score (nSPS) is 22.4. The predicted molar refractivity (Wildman–Crippen MR) is 157 cm³/mol. The number of esters is 3. The van der Waals surface area contributed by atoms with E-state index in [0.717, 1.165) is 6.21 Å². The molecule has 0 bridgehead atoms. The van der Waals surface area contributed by atoms with Crippen LogP contribution in [0.1, 0.15) is 47.8 Å². The van der Waals surface area contributed by atoms with Gasteiger partial charge in [-0.25, -0.2) is 24.7 Å². The van der Waals surface area contributed by atoms with Crippen LogP contribution in [0.25, 0.3) is 11.0 Å². The fourth-order valence-electron chi connectivity index (χ4n) is 4.51. The second-order valence-electron chi connectivity index (χ2n) is 10.1. The fraction of sp³-hybridized carbons (Fsp3) is 0.593. The SMILES string of the molecule is CCOC(=O)C=Nc1cn(C2O[C@H](COC(C)=O)[C@@H](OC(C)C)[C@@]2(C)OC(C)=O)c2nc(SC)nc(/N=C/N(C)C)c12. The maximum absolute atomic E-state index is 12.4. The van der Waals surface area contributed by atoms with Crippen molar-refractivity contribution in [2.75, 3.05) is 33.6 Å². The zero-order valence-corrected chi connectivity index (χ0v) is 26.1. The van der Waals surface area contributed by atoms with Crippen molar-refractivity contribution >= 4 is 64.8 Å². The van der Waals surface area contributed by atoms with Gasteiger partial charge in [-0.3, -0.25) is 14.2 Å². The van der Waals surface area contributed by atoms with Gasteiger partial charge in [0.25, 0.3) is 0 Å². The first-order valence-electron chi connectivity index (χ1n) is 13.3.